The lowest BCUT2D eigenvalue weighted by Gasteiger charge is -2.20. The zero-order chi connectivity index (χ0) is 12.5. The van der Waals surface area contributed by atoms with Gasteiger partial charge in [-0.05, 0) is 30.0 Å². The summed E-state index contributed by atoms with van der Waals surface area (Å²) in [5.74, 6) is 3.15. The maximum Gasteiger partial charge on any atom is 0.137 e. The molecular weight excluding hydrogens is 226 g/mol. The molecule has 1 aromatic heterocycles. The summed E-state index contributed by atoms with van der Waals surface area (Å²) in [5.41, 5.74) is 1.15. The minimum Gasteiger partial charge on any atom is -0.508 e. The third kappa shape index (κ3) is 2.10. The molecule has 1 atom stereocenters. The van der Waals surface area contributed by atoms with E-state index in [0.29, 0.717) is 11.7 Å². The second kappa shape index (κ2) is 4.44. The van der Waals surface area contributed by atoms with Gasteiger partial charge in [-0.1, -0.05) is 19.1 Å². The monoisotopic (exact) mass is 243 g/mol. The number of hydrogen-bond acceptors (Lipinski definition) is 3. The summed E-state index contributed by atoms with van der Waals surface area (Å²) < 4.78 is 2.25. The van der Waals surface area contributed by atoms with E-state index in [-0.39, 0.29) is 0 Å². The molecule has 4 heteroatoms. The Morgan fingerprint density at radius 2 is 2.06 bits per heavy atom. The molecule has 1 aliphatic heterocycles. The van der Waals surface area contributed by atoms with Crippen LogP contribution in [0.15, 0.2) is 24.3 Å². The molecule has 0 spiro atoms. The van der Waals surface area contributed by atoms with E-state index in [1.807, 2.05) is 12.1 Å². The van der Waals surface area contributed by atoms with Crippen molar-refractivity contribution >= 4 is 0 Å². The quantitative estimate of drug-likeness (QED) is 0.879. The first-order chi connectivity index (χ1) is 8.72. The SMILES string of the molecule is CC1CCc2nnc(Cc3ccc(O)cc3)n2C1. The van der Waals surface area contributed by atoms with Gasteiger partial charge < -0.3 is 9.67 Å². The normalized spacial score (nSPS) is 18.6. The van der Waals surface area contributed by atoms with E-state index >= 15 is 0 Å². The van der Waals surface area contributed by atoms with Crippen LogP contribution in [0.2, 0.25) is 0 Å². The fourth-order valence-corrected chi connectivity index (χ4v) is 2.47. The van der Waals surface area contributed by atoms with Gasteiger partial charge in [-0.2, -0.15) is 0 Å². The van der Waals surface area contributed by atoms with Crippen LogP contribution in [0, 0.1) is 5.92 Å². The van der Waals surface area contributed by atoms with Crippen LogP contribution in [-0.2, 0) is 19.4 Å². The molecule has 3 rings (SSSR count). The molecule has 0 saturated heterocycles. The number of nitrogens with zero attached hydrogens (tertiary/aromatic N) is 3. The molecule has 1 aliphatic rings. The number of benzene rings is 1. The van der Waals surface area contributed by atoms with Crippen LogP contribution in [0.25, 0.3) is 0 Å². The lowest BCUT2D eigenvalue weighted by molar-refractivity contribution is 0.387. The Bertz CT molecular complexity index is 545. The largest absolute Gasteiger partial charge is 0.508 e. The van der Waals surface area contributed by atoms with Gasteiger partial charge in [0, 0.05) is 19.4 Å². The molecule has 2 aromatic rings. The highest BCUT2D eigenvalue weighted by molar-refractivity contribution is 5.27. The number of phenols is 1. The zero-order valence-electron chi connectivity index (χ0n) is 10.5. The van der Waals surface area contributed by atoms with E-state index in [0.717, 1.165) is 36.6 Å². The third-order valence-corrected chi connectivity index (χ3v) is 3.56. The number of phenolic OH excluding ortho intramolecular Hbond substituents is 1. The smallest absolute Gasteiger partial charge is 0.137 e. The van der Waals surface area contributed by atoms with Gasteiger partial charge in [-0.25, -0.2) is 0 Å². The van der Waals surface area contributed by atoms with E-state index in [1.54, 1.807) is 12.1 Å². The summed E-state index contributed by atoms with van der Waals surface area (Å²) in [7, 11) is 0. The highest BCUT2D eigenvalue weighted by atomic mass is 16.3. The molecular formula is C14H17N3O. The van der Waals surface area contributed by atoms with Crippen molar-refractivity contribution in [3.63, 3.8) is 0 Å². The summed E-state index contributed by atoms with van der Waals surface area (Å²) in [4.78, 5) is 0. The van der Waals surface area contributed by atoms with Gasteiger partial charge in [0.15, 0.2) is 0 Å². The molecule has 1 aromatic carbocycles. The van der Waals surface area contributed by atoms with Crippen molar-refractivity contribution in [1.82, 2.24) is 14.8 Å². The van der Waals surface area contributed by atoms with Crippen LogP contribution < -0.4 is 0 Å². The van der Waals surface area contributed by atoms with Crippen molar-refractivity contribution in [2.24, 2.45) is 5.92 Å². The molecule has 0 bridgehead atoms. The molecule has 18 heavy (non-hydrogen) atoms. The number of aryl methyl sites for hydroxylation is 1. The zero-order valence-corrected chi connectivity index (χ0v) is 10.5. The summed E-state index contributed by atoms with van der Waals surface area (Å²) in [6.45, 7) is 3.29. The summed E-state index contributed by atoms with van der Waals surface area (Å²) >= 11 is 0. The number of hydrogen-bond donors (Lipinski definition) is 1. The molecule has 0 saturated carbocycles. The number of aromatic hydroxyl groups is 1. The fourth-order valence-electron chi connectivity index (χ4n) is 2.47. The van der Waals surface area contributed by atoms with Crippen molar-refractivity contribution in [3.8, 4) is 5.75 Å². The van der Waals surface area contributed by atoms with Gasteiger partial charge >= 0.3 is 0 Å². The van der Waals surface area contributed by atoms with Gasteiger partial charge in [0.25, 0.3) is 0 Å². The van der Waals surface area contributed by atoms with E-state index in [4.69, 9.17) is 0 Å². The van der Waals surface area contributed by atoms with Crippen LogP contribution in [0.1, 0.15) is 30.6 Å². The maximum absolute atomic E-state index is 9.28. The Hall–Kier alpha value is -1.84. The second-order valence-electron chi connectivity index (χ2n) is 5.13. The minimum atomic E-state index is 0.302. The van der Waals surface area contributed by atoms with E-state index in [2.05, 4.69) is 21.7 Å². The Kier molecular flexibility index (Phi) is 2.78. The highest BCUT2D eigenvalue weighted by Crippen LogP contribution is 2.21. The average Bonchev–Trinajstić information content (AvgIpc) is 2.75. The Balaban J connectivity index is 1.85. The van der Waals surface area contributed by atoms with E-state index < -0.39 is 0 Å². The van der Waals surface area contributed by atoms with Crippen molar-refractivity contribution in [2.75, 3.05) is 0 Å². The molecule has 2 heterocycles. The predicted octanol–water partition coefficient (Wildman–Crippen LogP) is 2.16. The molecule has 1 unspecified atom stereocenters. The maximum atomic E-state index is 9.28. The van der Waals surface area contributed by atoms with Crippen LogP contribution in [0.3, 0.4) is 0 Å². The molecule has 94 valence electrons. The summed E-state index contributed by atoms with van der Waals surface area (Å²) in [5, 5.41) is 17.8. The number of rotatable bonds is 2. The van der Waals surface area contributed by atoms with Crippen molar-refractivity contribution in [3.05, 3.63) is 41.5 Å². The van der Waals surface area contributed by atoms with Gasteiger partial charge in [-0.3, -0.25) is 0 Å². The first-order valence-electron chi connectivity index (χ1n) is 6.41. The molecule has 4 nitrogen and oxygen atoms in total. The number of fused-ring (bicyclic) bond motifs is 1. The fraction of sp³-hybridized carbons (Fsp3) is 0.429. The Morgan fingerprint density at radius 3 is 2.83 bits per heavy atom. The van der Waals surface area contributed by atoms with Gasteiger partial charge in [0.2, 0.25) is 0 Å². The highest BCUT2D eigenvalue weighted by Gasteiger charge is 2.19. The van der Waals surface area contributed by atoms with Crippen molar-refractivity contribution < 1.29 is 5.11 Å². The molecule has 0 fully saturated rings. The van der Waals surface area contributed by atoms with Gasteiger partial charge in [0.1, 0.15) is 17.4 Å². The molecule has 0 aliphatic carbocycles. The lowest BCUT2D eigenvalue weighted by Crippen LogP contribution is -2.20. The Labute approximate surface area is 106 Å². The van der Waals surface area contributed by atoms with E-state index in [1.165, 1.54) is 6.42 Å². The second-order valence-corrected chi connectivity index (χ2v) is 5.13. The summed E-state index contributed by atoms with van der Waals surface area (Å²) in [6.07, 6.45) is 3.01. The summed E-state index contributed by atoms with van der Waals surface area (Å²) in [6, 6.07) is 7.29. The van der Waals surface area contributed by atoms with Crippen molar-refractivity contribution in [1.29, 1.82) is 0 Å². The molecule has 0 radical (unpaired) electrons. The van der Waals surface area contributed by atoms with Gasteiger partial charge in [0.05, 0.1) is 0 Å². The first kappa shape index (κ1) is 11.3. The Morgan fingerprint density at radius 1 is 1.28 bits per heavy atom. The van der Waals surface area contributed by atoms with Crippen LogP contribution in [0.5, 0.6) is 5.75 Å². The van der Waals surface area contributed by atoms with Crippen LogP contribution >= 0.6 is 0 Å². The minimum absolute atomic E-state index is 0.302. The number of aromatic nitrogens is 3. The predicted molar refractivity (Wildman–Crippen MR) is 68.4 cm³/mol. The first-order valence-corrected chi connectivity index (χ1v) is 6.41. The van der Waals surface area contributed by atoms with Crippen molar-refractivity contribution in [2.45, 2.75) is 32.7 Å². The topological polar surface area (TPSA) is 50.9 Å². The van der Waals surface area contributed by atoms with Gasteiger partial charge in [-0.15, -0.1) is 10.2 Å². The van der Waals surface area contributed by atoms with Crippen LogP contribution in [0.4, 0.5) is 0 Å². The standard InChI is InChI=1S/C14H17N3O/c1-10-2-7-13-15-16-14(17(13)9-10)8-11-3-5-12(18)6-4-11/h3-6,10,18H,2,7-9H2,1H3. The molecule has 1 N–H and O–H groups in total. The van der Waals surface area contributed by atoms with E-state index in [9.17, 15) is 5.11 Å². The average molecular weight is 243 g/mol. The third-order valence-electron chi connectivity index (χ3n) is 3.56. The van der Waals surface area contributed by atoms with Crippen LogP contribution in [-0.4, -0.2) is 19.9 Å². The molecule has 0 amide bonds. The lowest BCUT2D eigenvalue weighted by atomic mass is 10.0.